The van der Waals surface area contributed by atoms with Crippen LogP contribution in [0, 0.1) is 17.2 Å². The Hall–Kier alpha value is -2.19. The van der Waals surface area contributed by atoms with Gasteiger partial charge in [-0.15, -0.1) is 0 Å². The Bertz CT molecular complexity index is 528. The number of nitrogens with one attached hydrogen (secondary N) is 1. The maximum absolute atomic E-state index is 12.0. The van der Waals surface area contributed by atoms with Crippen molar-refractivity contribution in [2.45, 2.75) is 12.8 Å². The minimum absolute atomic E-state index is 0.128. The molecule has 0 unspecified atom stereocenters. The highest BCUT2D eigenvalue weighted by atomic mass is 16.2. The maximum Gasteiger partial charge on any atom is 0.238 e. The van der Waals surface area contributed by atoms with Gasteiger partial charge in [0.05, 0.1) is 17.8 Å². The zero-order valence-electron chi connectivity index (χ0n) is 11.2. The third kappa shape index (κ3) is 3.65. The fourth-order valence-electron chi connectivity index (χ4n) is 2.33. The molecule has 1 aliphatic heterocycles. The van der Waals surface area contributed by atoms with E-state index in [0.29, 0.717) is 17.8 Å². The average Bonchev–Trinajstić information content (AvgIpc) is 2.48. The molecule has 1 heterocycles. The lowest BCUT2D eigenvalue weighted by molar-refractivity contribution is -0.117. The number of anilines is 1. The minimum atomic E-state index is -0.128. The summed E-state index contributed by atoms with van der Waals surface area (Å²) in [6, 6.07) is 8.99. The number of carbonyl (C=O) groups is 2. The van der Waals surface area contributed by atoms with Gasteiger partial charge in [-0.3, -0.25) is 9.69 Å². The lowest BCUT2D eigenvalue weighted by atomic mass is 9.99. The third-order valence-electron chi connectivity index (χ3n) is 3.51. The molecular weight excluding hydrogens is 254 g/mol. The summed E-state index contributed by atoms with van der Waals surface area (Å²) < 4.78 is 0. The predicted octanol–water partition coefficient (Wildman–Crippen LogP) is 1.41. The van der Waals surface area contributed by atoms with Crippen molar-refractivity contribution < 1.29 is 9.59 Å². The van der Waals surface area contributed by atoms with E-state index in [0.717, 1.165) is 32.2 Å². The van der Waals surface area contributed by atoms with Crippen molar-refractivity contribution >= 4 is 17.9 Å². The fraction of sp³-hybridized carbons (Fsp3) is 0.400. The normalized spacial score (nSPS) is 16.4. The van der Waals surface area contributed by atoms with Gasteiger partial charge >= 0.3 is 0 Å². The van der Waals surface area contributed by atoms with Crippen LogP contribution in [-0.2, 0) is 9.59 Å². The summed E-state index contributed by atoms with van der Waals surface area (Å²) in [6.45, 7) is 1.82. The van der Waals surface area contributed by atoms with Gasteiger partial charge in [-0.05, 0) is 38.1 Å². The molecule has 1 aliphatic rings. The van der Waals surface area contributed by atoms with Crippen LogP contribution < -0.4 is 5.32 Å². The van der Waals surface area contributed by atoms with Crippen LogP contribution in [0.2, 0.25) is 0 Å². The highest BCUT2D eigenvalue weighted by Gasteiger charge is 2.20. The van der Waals surface area contributed by atoms with Crippen molar-refractivity contribution in [1.29, 1.82) is 5.26 Å². The Kier molecular flexibility index (Phi) is 4.85. The van der Waals surface area contributed by atoms with Crippen LogP contribution in [0.25, 0.3) is 0 Å². The summed E-state index contributed by atoms with van der Waals surface area (Å²) in [7, 11) is 0. The summed E-state index contributed by atoms with van der Waals surface area (Å²) in [5, 5.41) is 11.7. The number of benzene rings is 1. The molecule has 1 amide bonds. The zero-order valence-corrected chi connectivity index (χ0v) is 11.2. The van der Waals surface area contributed by atoms with Gasteiger partial charge < -0.3 is 10.1 Å². The number of hydrogen-bond donors (Lipinski definition) is 1. The van der Waals surface area contributed by atoms with Crippen LogP contribution in [0.15, 0.2) is 24.3 Å². The quantitative estimate of drug-likeness (QED) is 0.840. The second kappa shape index (κ2) is 6.83. The molecule has 0 radical (unpaired) electrons. The van der Waals surface area contributed by atoms with Crippen LogP contribution in [0.3, 0.4) is 0 Å². The fourth-order valence-corrected chi connectivity index (χ4v) is 2.33. The van der Waals surface area contributed by atoms with Crippen LogP contribution in [0.5, 0.6) is 0 Å². The van der Waals surface area contributed by atoms with Crippen molar-refractivity contribution in [3.63, 3.8) is 0 Å². The Labute approximate surface area is 118 Å². The molecule has 5 nitrogen and oxygen atoms in total. The van der Waals surface area contributed by atoms with Gasteiger partial charge in [-0.1, -0.05) is 12.1 Å². The van der Waals surface area contributed by atoms with E-state index in [1.54, 1.807) is 24.3 Å². The van der Waals surface area contributed by atoms with E-state index in [2.05, 4.69) is 11.4 Å². The summed E-state index contributed by atoms with van der Waals surface area (Å²) in [5.41, 5.74) is 1.00. The summed E-state index contributed by atoms with van der Waals surface area (Å²) >= 11 is 0. The standard InChI is InChI=1S/C15H17N3O2/c16-9-13-3-1-2-4-14(13)17-15(20)10-18-7-5-12(11-19)6-8-18/h1-4,11-12H,5-8,10H2,(H,17,20). The highest BCUT2D eigenvalue weighted by molar-refractivity contribution is 5.93. The van der Waals surface area contributed by atoms with Gasteiger partial charge in [0.1, 0.15) is 12.4 Å². The van der Waals surface area contributed by atoms with Crippen LogP contribution in [0.1, 0.15) is 18.4 Å². The summed E-state index contributed by atoms with van der Waals surface area (Å²) in [5.74, 6) is 0.00544. The Morgan fingerprint density at radius 3 is 2.75 bits per heavy atom. The molecule has 0 bridgehead atoms. The van der Waals surface area contributed by atoms with E-state index in [1.165, 1.54) is 0 Å². The number of aldehydes is 1. The monoisotopic (exact) mass is 271 g/mol. The molecule has 1 N–H and O–H groups in total. The average molecular weight is 271 g/mol. The number of hydrogen-bond acceptors (Lipinski definition) is 4. The van der Waals surface area contributed by atoms with Crippen molar-refractivity contribution in [1.82, 2.24) is 4.90 Å². The molecule has 1 aromatic carbocycles. The number of rotatable bonds is 4. The van der Waals surface area contributed by atoms with Gasteiger partial charge in [0, 0.05) is 5.92 Å². The van der Waals surface area contributed by atoms with Gasteiger partial charge in [-0.2, -0.15) is 5.26 Å². The van der Waals surface area contributed by atoms with Crippen LogP contribution in [0.4, 0.5) is 5.69 Å². The van der Waals surface area contributed by atoms with Crippen molar-refractivity contribution in [2.24, 2.45) is 5.92 Å². The molecule has 1 fully saturated rings. The van der Waals surface area contributed by atoms with E-state index in [1.807, 2.05) is 4.90 Å². The van der Waals surface area contributed by atoms with E-state index in [-0.39, 0.29) is 11.8 Å². The number of amides is 1. The van der Waals surface area contributed by atoms with Gasteiger partial charge in [0.25, 0.3) is 0 Å². The number of carbonyl (C=O) groups excluding carboxylic acids is 2. The number of likely N-dealkylation sites (tertiary alicyclic amines) is 1. The molecule has 0 atom stereocenters. The minimum Gasteiger partial charge on any atom is -0.324 e. The molecule has 5 heteroatoms. The Balaban J connectivity index is 1.87. The van der Waals surface area contributed by atoms with Gasteiger partial charge in [0.2, 0.25) is 5.91 Å². The first-order valence-corrected chi connectivity index (χ1v) is 6.69. The van der Waals surface area contributed by atoms with E-state index in [9.17, 15) is 9.59 Å². The molecule has 2 rings (SSSR count). The van der Waals surface area contributed by atoms with Gasteiger partial charge in [0.15, 0.2) is 0 Å². The molecule has 1 aromatic rings. The first kappa shape index (κ1) is 14.2. The second-order valence-corrected chi connectivity index (χ2v) is 4.96. The molecule has 104 valence electrons. The lowest BCUT2D eigenvalue weighted by Gasteiger charge is -2.28. The summed E-state index contributed by atoms with van der Waals surface area (Å²) in [6.07, 6.45) is 2.62. The Morgan fingerprint density at radius 2 is 2.10 bits per heavy atom. The zero-order chi connectivity index (χ0) is 14.4. The lowest BCUT2D eigenvalue weighted by Crippen LogP contribution is -2.39. The van der Waals surface area contributed by atoms with Crippen LogP contribution in [-0.4, -0.2) is 36.7 Å². The Morgan fingerprint density at radius 1 is 1.40 bits per heavy atom. The topological polar surface area (TPSA) is 73.2 Å². The number of nitrogens with zero attached hydrogens (tertiary/aromatic N) is 2. The molecule has 0 spiro atoms. The summed E-state index contributed by atoms with van der Waals surface area (Å²) in [4.78, 5) is 24.7. The maximum atomic E-state index is 12.0. The molecule has 0 aromatic heterocycles. The smallest absolute Gasteiger partial charge is 0.238 e. The largest absolute Gasteiger partial charge is 0.324 e. The highest BCUT2D eigenvalue weighted by Crippen LogP contribution is 2.16. The third-order valence-corrected chi connectivity index (χ3v) is 3.51. The second-order valence-electron chi connectivity index (χ2n) is 4.96. The van der Waals surface area contributed by atoms with E-state index >= 15 is 0 Å². The van der Waals surface area contributed by atoms with Crippen LogP contribution >= 0.6 is 0 Å². The molecule has 0 aliphatic carbocycles. The SMILES string of the molecule is N#Cc1ccccc1NC(=O)CN1CCC(C=O)CC1. The number of piperidine rings is 1. The molecule has 1 saturated heterocycles. The number of nitriles is 1. The van der Waals surface area contributed by atoms with Crippen molar-refractivity contribution in [3.8, 4) is 6.07 Å². The first-order chi connectivity index (χ1) is 9.72. The number of para-hydroxylation sites is 1. The molecule has 0 saturated carbocycles. The molecule has 20 heavy (non-hydrogen) atoms. The molecular formula is C15H17N3O2. The van der Waals surface area contributed by atoms with Crippen molar-refractivity contribution in [3.05, 3.63) is 29.8 Å². The van der Waals surface area contributed by atoms with Gasteiger partial charge in [-0.25, -0.2) is 0 Å². The van der Waals surface area contributed by atoms with E-state index in [4.69, 9.17) is 5.26 Å². The predicted molar refractivity (Wildman–Crippen MR) is 75.0 cm³/mol. The first-order valence-electron chi connectivity index (χ1n) is 6.69. The van der Waals surface area contributed by atoms with Crippen molar-refractivity contribution in [2.75, 3.05) is 25.0 Å². The van der Waals surface area contributed by atoms with E-state index < -0.39 is 0 Å².